The summed E-state index contributed by atoms with van der Waals surface area (Å²) in [5.74, 6) is 0.857. The molecule has 4 nitrogen and oxygen atoms in total. The van der Waals surface area contributed by atoms with Crippen LogP contribution in [0.25, 0.3) is 0 Å². The van der Waals surface area contributed by atoms with Crippen molar-refractivity contribution < 1.29 is 13.2 Å². The van der Waals surface area contributed by atoms with Gasteiger partial charge in [-0.2, -0.15) is 0 Å². The van der Waals surface area contributed by atoms with Crippen LogP contribution >= 0.6 is 12.4 Å². The van der Waals surface area contributed by atoms with Gasteiger partial charge >= 0.3 is 0 Å². The fourth-order valence-electron chi connectivity index (χ4n) is 2.64. The van der Waals surface area contributed by atoms with E-state index in [1.165, 1.54) is 0 Å². The standard InChI is InChI=1S/C12H23NO3S.ClH/c1-10-8-13-12(2,16-9-10)7-11-5-3-4-6-17(11,14)15;/h10-11,13H,3-9H2,1-2H3;1H. The molecule has 0 bridgehead atoms. The van der Waals surface area contributed by atoms with E-state index in [1.807, 2.05) is 6.92 Å². The summed E-state index contributed by atoms with van der Waals surface area (Å²) >= 11 is 0. The van der Waals surface area contributed by atoms with Crippen molar-refractivity contribution in [1.82, 2.24) is 5.32 Å². The van der Waals surface area contributed by atoms with Crippen molar-refractivity contribution in [3.8, 4) is 0 Å². The summed E-state index contributed by atoms with van der Waals surface area (Å²) in [7, 11) is -2.89. The van der Waals surface area contributed by atoms with Gasteiger partial charge in [0.15, 0.2) is 9.84 Å². The van der Waals surface area contributed by atoms with Crippen LogP contribution in [-0.2, 0) is 14.6 Å². The van der Waals surface area contributed by atoms with Crippen molar-refractivity contribution >= 4 is 22.2 Å². The van der Waals surface area contributed by atoms with E-state index >= 15 is 0 Å². The lowest BCUT2D eigenvalue weighted by molar-refractivity contribution is -0.106. The Hall–Kier alpha value is 0.160. The van der Waals surface area contributed by atoms with Gasteiger partial charge in [0, 0.05) is 13.0 Å². The maximum atomic E-state index is 12.0. The van der Waals surface area contributed by atoms with Crippen LogP contribution in [-0.4, -0.2) is 38.3 Å². The third-order valence-corrected chi connectivity index (χ3v) is 6.12. The summed E-state index contributed by atoms with van der Waals surface area (Å²) in [4.78, 5) is 0. The molecule has 0 spiro atoms. The van der Waals surface area contributed by atoms with Gasteiger partial charge in [0.2, 0.25) is 0 Å². The molecule has 2 heterocycles. The van der Waals surface area contributed by atoms with Crippen LogP contribution < -0.4 is 5.32 Å². The number of rotatable bonds is 2. The molecular formula is C12H24ClNO3S. The molecule has 6 heteroatoms. The zero-order chi connectivity index (χ0) is 12.5. The quantitative estimate of drug-likeness (QED) is 0.843. The van der Waals surface area contributed by atoms with Crippen molar-refractivity contribution in [3.63, 3.8) is 0 Å². The molecule has 0 radical (unpaired) electrons. The minimum atomic E-state index is -2.89. The molecule has 2 fully saturated rings. The van der Waals surface area contributed by atoms with E-state index in [0.717, 1.165) is 32.4 Å². The average molecular weight is 298 g/mol. The molecule has 0 aliphatic carbocycles. The van der Waals surface area contributed by atoms with E-state index in [2.05, 4.69) is 12.2 Å². The van der Waals surface area contributed by atoms with Gasteiger partial charge in [-0.05, 0) is 25.7 Å². The number of halogens is 1. The normalized spacial score (nSPS) is 39.9. The van der Waals surface area contributed by atoms with Crippen LogP contribution in [0.3, 0.4) is 0 Å². The van der Waals surface area contributed by atoms with Crippen LogP contribution in [0, 0.1) is 5.92 Å². The largest absolute Gasteiger partial charge is 0.361 e. The van der Waals surface area contributed by atoms with Gasteiger partial charge in [-0.3, -0.25) is 5.32 Å². The van der Waals surface area contributed by atoms with E-state index in [4.69, 9.17) is 4.74 Å². The first-order chi connectivity index (χ1) is 7.91. The molecule has 2 aliphatic rings. The Morgan fingerprint density at radius 3 is 2.67 bits per heavy atom. The number of hydrogen-bond donors (Lipinski definition) is 1. The second kappa shape index (κ2) is 6.07. The summed E-state index contributed by atoms with van der Waals surface area (Å²) in [6, 6.07) is 0. The molecule has 0 amide bonds. The number of ether oxygens (including phenoxy) is 1. The summed E-state index contributed by atoms with van der Waals surface area (Å²) in [6.07, 6.45) is 3.22. The van der Waals surface area contributed by atoms with Crippen LogP contribution in [0.4, 0.5) is 0 Å². The smallest absolute Gasteiger partial charge is 0.153 e. The summed E-state index contributed by atoms with van der Waals surface area (Å²) in [5, 5.41) is 3.12. The Balaban J connectivity index is 0.00000162. The van der Waals surface area contributed by atoms with E-state index < -0.39 is 15.6 Å². The molecule has 1 N–H and O–H groups in total. The molecule has 0 aromatic heterocycles. The predicted octanol–water partition coefficient (Wildman–Crippen LogP) is 1.74. The first-order valence-corrected chi connectivity index (χ1v) is 8.23. The topological polar surface area (TPSA) is 55.4 Å². The molecule has 2 aliphatic heterocycles. The first kappa shape index (κ1) is 16.2. The molecule has 108 valence electrons. The van der Waals surface area contributed by atoms with Gasteiger partial charge < -0.3 is 4.74 Å². The minimum absolute atomic E-state index is 0. The SMILES string of the molecule is CC1CNC(C)(CC2CCCCS2(=O)=O)OC1.Cl. The highest BCUT2D eigenvalue weighted by atomic mass is 35.5. The lowest BCUT2D eigenvalue weighted by Gasteiger charge is -2.40. The van der Waals surface area contributed by atoms with Crippen LogP contribution in [0.15, 0.2) is 0 Å². The Bertz CT molecular complexity index is 364. The monoisotopic (exact) mass is 297 g/mol. The van der Waals surface area contributed by atoms with Crippen LogP contribution in [0.5, 0.6) is 0 Å². The van der Waals surface area contributed by atoms with E-state index in [9.17, 15) is 8.42 Å². The number of hydrogen-bond acceptors (Lipinski definition) is 4. The zero-order valence-corrected chi connectivity index (χ0v) is 12.8. The van der Waals surface area contributed by atoms with E-state index in [1.54, 1.807) is 0 Å². The van der Waals surface area contributed by atoms with E-state index in [-0.39, 0.29) is 17.7 Å². The highest BCUT2D eigenvalue weighted by molar-refractivity contribution is 7.92. The van der Waals surface area contributed by atoms with Crippen LogP contribution in [0.2, 0.25) is 0 Å². The molecule has 3 atom stereocenters. The maximum absolute atomic E-state index is 12.0. The van der Waals surface area contributed by atoms with Crippen molar-refractivity contribution in [2.75, 3.05) is 18.9 Å². The van der Waals surface area contributed by atoms with Gasteiger partial charge in [0.25, 0.3) is 0 Å². The molecule has 0 aromatic rings. The number of nitrogens with one attached hydrogen (secondary N) is 1. The molecule has 0 saturated carbocycles. The van der Waals surface area contributed by atoms with Crippen molar-refractivity contribution in [2.24, 2.45) is 5.92 Å². The van der Waals surface area contributed by atoms with Gasteiger partial charge in [-0.1, -0.05) is 13.3 Å². The van der Waals surface area contributed by atoms with Gasteiger partial charge in [-0.25, -0.2) is 8.42 Å². The minimum Gasteiger partial charge on any atom is -0.361 e. The first-order valence-electron chi connectivity index (χ1n) is 6.52. The maximum Gasteiger partial charge on any atom is 0.153 e. The van der Waals surface area contributed by atoms with Gasteiger partial charge in [0.05, 0.1) is 17.6 Å². The second-order valence-electron chi connectivity index (χ2n) is 5.72. The summed E-state index contributed by atoms with van der Waals surface area (Å²) < 4.78 is 29.8. The van der Waals surface area contributed by atoms with Crippen LogP contribution in [0.1, 0.15) is 39.5 Å². The molecule has 18 heavy (non-hydrogen) atoms. The average Bonchev–Trinajstić information content (AvgIpc) is 2.26. The molecule has 2 rings (SSSR count). The lowest BCUT2D eigenvalue weighted by atomic mass is 10.0. The number of sulfone groups is 1. The Morgan fingerprint density at radius 2 is 2.11 bits per heavy atom. The fourth-order valence-corrected chi connectivity index (χ4v) is 4.68. The molecule has 3 unspecified atom stereocenters. The van der Waals surface area contributed by atoms with Crippen molar-refractivity contribution in [1.29, 1.82) is 0 Å². The highest BCUT2D eigenvalue weighted by Crippen LogP contribution is 2.29. The Labute approximate surface area is 116 Å². The van der Waals surface area contributed by atoms with Crippen molar-refractivity contribution in [3.05, 3.63) is 0 Å². The molecule has 2 saturated heterocycles. The zero-order valence-electron chi connectivity index (χ0n) is 11.1. The summed E-state index contributed by atoms with van der Waals surface area (Å²) in [6.45, 7) is 5.73. The Kier molecular flexibility index (Phi) is 5.47. The van der Waals surface area contributed by atoms with Gasteiger partial charge in [0.1, 0.15) is 5.72 Å². The van der Waals surface area contributed by atoms with E-state index in [0.29, 0.717) is 18.1 Å². The van der Waals surface area contributed by atoms with Gasteiger partial charge in [-0.15, -0.1) is 12.4 Å². The molecule has 0 aromatic carbocycles. The lowest BCUT2D eigenvalue weighted by Crippen LogP contribution is -2.55. The third kappa shape index (κ3) is 3.83. The second-order valence-corrected chi connectivity index (χ2v) is 8.12. The fraction of sp³-hybridized carbons (Fsp3) is 1.00. The third-order valence-electron chi connectivity index (χ3n) is 3.84. The van der Waals surface area contributed by atoms with Crippen molar-refractivity contribution in [2.45, 2.75) is 50.5 Å². The Morgan fingerprint density at radius 1 is 1.39 bits per heavy atom. The highest BCUT2D eigenvalue weighted by Gasteiger charge is 2.38. The molecular weight excluding hydrogens is 274 g/mol. The predicted molar refractivity (Wildman–Crippen MR) is 74.8 cm³/mol. The summed E-state index contributed by atoms with van der Waals surface area (Å²) in [5.41, 5.74) is -0.457.